The van der Waals surface area contributed by atoms with Crippen LogP contribution in [-0.4, -0.2) is 19.0 Å². The monoisotopic (exact) mass is 489 g/mol. The van der Waals surface area contributed by atoms with Gasteiger partial charge in [0.25, 0.3) is 0 Å². The molecular formula is C36H43N. The summed E-state index contributed by atoms with van der Waals surface area (Å²) in [5, 5.41) is 0. The van der Waals surface area contributed by atoms with Crippen LogP contribution in [0.25, 0.3) is 0 Å². The zero-order chi connectivity index (χ0) is 26.4. The predicted molar refractivity (Wildman–Crippen MR) is 160 cm³/mol. The smallest absolute Gasteiger partial charge is 0.0397 e. The minimum absolute atomic E-state index is 0.0465. The van der Waals surface area contributed by atoms with E-state index in [4.69, 9.17) is 0 Å². The van der Waals surface area contributed by atoms with Crippen molar-refractivity contribution in [3.63, 3.8) is 0 Å². The summed E-state index contributed by atoms with van der Waals surface area (Å²) < 4.78 is 0. The van der Waals surface area contributed by atoms with Gasteiger partial charge in [0.2, 0.25) is 0 Å². The molecule has 0 bridgehead atoms. The third-order valence-corrected chi connectivity index (χ3v) is 8.96. The zero-order valence-electron chi connectivity index (χ0n) is 23.9. The molecule has 0 amide bonds. The van der Waals surface area contributed by atoms with Gasteiger partial charge in [0, 0.05) is 36.5 Å². The van der Waals surface area contributed by atoms with Crippen LogP contribution in [0.5, 0.6) is 0 Å². The summed E-state index contributed by atoms with van der Waals surface area (Å²) >= 11 is 0. The molecule has 0 fully saturated rings. The lowest BCUT2D eigenvalue weighted by Crippen LogP contribution is -2.18. The molecule has 0 radical (unpaired) electrons. The fraction of sp³-hybridized carbons (Fsp3) is 0.389. The molecule has 0 heterocycles. The third-order valence-electron chi connectivity index (χ3n) is 8.96. The van der Waals surface area contributed by atoms with Gasteiger partial charge < -0.3 is 4.90 Å². The largest absolute Gasteiger partial charge is 0.377 e. The summed E-state index contributed by atoms with van der Waals surface area (Å²) in [4.78, 5) is 2.27. The second-order valence-corrected chi connectivity index (χ2v) is 12.3. The van der Waals surface area contributed by atoms with E-state index in [1.54, 1.807) is 5.57 Å². The summed E-state index contributed by atoms with van der Waals surface area (Å²) in [5.74, 6) is 0.537. The number of benzene rings is 1. The standard InChI is InChI=1S/C36H43N/c1-8-13-27(24-28-23-26-14-9-11-16-31(26)35(28,2)3)34(37(6)7)21-19-25-18-20-30-29-15-10-12-17-32(29)36(4,5)33(30)22-25/h8,10-13,15-18,21-24,30H,9,14,19-20H2,1-7H3/b13-8-,27-24+,34-21-. The van der Waals surface area contributed by atoms with Crippen molar-refractivity contribution in [2.24, 2.45) is 5.41 Å². The van der Waals surface area contributed by atoms with Crippen LogP contribution in [0.2, 0.25) is 0 Å². The number of hydrogen-bond donors (Lipinski definition) is 0. The SMILES string of the molecule is C\C=C/C(=C\C1=CC2=C(C=CCC2)C1(C)C)C(=C/CC1=CCC2C(=C1)C(C)(C)c1ccccc12)/N(C)C. The van der Waals surface area contributed by atoms with E-state index in [9.17, 15) is 0 Å². The lowest BCUT2D eigenvalue weighted by Gasteiger charge is -2.28. The lowest BCUT2D eigenvalue weighted by molar-refractivity contribution is 0.520. The van der Waals surface area contributed by atoms with Crippen LogP contribution in [0.4, 0.5) is 0 Å². The van der Waals surface area contributed by atoms with Crippen LogP contribution in [0.15, 0.2) is 118 Å². The molecule has 0 saturated carbocycles. The van der Waals surface area contributed by atoms with Crippen molar-refractivity contribution < 1.29 is 0 Å². The zero-order valence-corrected chi connectivity index (χ0v) is 23.9. The maximum atomic E-state index is 2.50. The molecule has 1 heteroatoms. The van der Waals surface area contributed by atoms with Crippen molar-refractivity contribution in [1.82, 2.24) is 4.90 Å². The fourth-order valence-corrected chi connectivity index (χ4v) is 6.85. The van der Waals surface area contributed by atoms with Crippen LogP contribution >= 0.6 is 0 Å². The topological polar surface area (TPSA) is 3.24 Å². The highest BCUT2D eigenvalue weighted by Gasteiger charge is 2.41. The predicted octanol–water partition coefficient (Wildman–Crippen LogP) is 9.27. The minimum Gasteiger partial charge on any atom is -0.377 e. The van der Waals surface area contributed by atoms with Crippen molar-refractivity contribution >= 4 is 0 Å². The molecule has 4 aliphatic rings. The summed E-state index contributed by atoms with van der Waals surface area (Å²) in [6.07, 6.45) is 25.8. The molecule has 0 aliphatic heterocycles. The second-order valence-electron chi connectivity index (χ2n) is 12.3. The molecule has 1 aromatic carbocycles. The molecular weight excluding hydrogens is 446 g/mol. The highest BCUT2D eigenvalue weighted by Crippen LogP contribution is 2.53. The van der Waals surface area contributed by atoms with Gasteiger partial charge in [-0.25, -0.2) is 0 Å². The Kier molecular flexibility index (Phi) is 6.69. The first-order valence-electron chi connectivity index (χ1n) is 14.0. The fourth-order valence-electron chi connectivity index (χ4n) is 6.85. The number of nitrogens with zero attached hydrogens (tertiary/aromatic N) is 1. The van der Waals surface area contributed by atoms with Gasteiger partial charge in [-0.3, -0.25) is 0 Å². The maximum absolute atomic E-state index is 2.50. The van der Waals surface area contributed by atoms with Crippen LogP contribution < -0.4 is 0 Å². The molecule has 0 aromatic heterocycles. The molecule has 1 atom stereocenters. The average Bonchev–Trinajstić information content (AvgIpc) is 3.26. The number of fused-ring (bicyclic) bond motifs is 3. The molecule has 192 valence electrons. The molecule has 0 saturated heterocycles. The average molecular weight is 490 g/mol. The van der Waals surface area contributed by atoms with Crippen molar-refractivity contribution in [2.45, 2.75) is 71.6 Å². The van der Waals surface area contributed by atoms with E-state index in [1.165, 1.54) is 44.7 Å². The molecule has 37 heavy (non-hydrogen) atoms. The van der Waals surface area contributed by atoms with Gasteiger partial charge in [0.15, 0.2) is 0 Å². The molecule has 0 N–H and O–H groups in total. The lowest BCUT2D eigenvalue weighted by atomic mass is 9.77. The number of likely N-dealkylation sites (N-methyl/N-ethyl adjacent to an activating group) is 1. The number of rotatable bonds is 6. The Balaban J connectivity index is 1.44. The molecule has 1 unspecified atom stereocenters. The number of allylic oxidation sites excluding steroid dienone is 14. The van der Waals surface area contributed by atoms with E-state index in [0.717, 1.165) is 25.7 Å². The van der Waals surface area contributed by atoms with E-state index >= 15 is 0 Å². The van der Waals surface area contributed by atoms with Crippen molar-refractivity contribution in [1.29, 1.82) is 0 Å². The normalized spacial score (nSPS) is 24.0. The molecule has 5 rings (SSSR count). The van der Waals surface area contributed by atoms with E-state index in [0.29, 0.717) is 5.92 Å². The van der Waals surface area contributed by atoms with Gasteiger partial charge in [-0.2, -0.15) is 0 Å². The van der Waals surface area contributed by atoms with Gasteiger partial charge in [0.1, 0.15) is 0 Å². The van der Waals surface area contributed by atoms with Gasteiger partial charge in [0.05, 0.1) is 0 Å². The van der Waals surface area contributed by atoms with Crippen LogP contribution in [0, 0.1) is 5.41 Å². The Morgan fingerprint density at radius 2 is 1.84 bits per heavy atom. The Morgan fingerprint density at radius 3 is 2.57 bits per heavy atom. The van der Waals surface area contributed by atoms with Gasteiger partial charge in [-0.05, 0) is 77.7 Å². The van der Waals surface area contributed by atoms with Crippen LogP contribution in [-0.2, 0) is 5.41 Å². The molecule has 4 aliphatic carbocycles. The Morgan fingerprint density at radius 1 is 1.05 bits per heavy atom. The summed E-state index contributed by atoms with van der Waals surface area (Å²) in [6, 6.07) is 9.05. The Bertz CT molecular complexity index is 1340. The third kappa shape index (κ3) is 4.48. The second kappa shape index (κ2) is 9.67. The number of hydrogen-bond acceptors (Lipinski definition) is 1. The van der Waals surface area contributed by atoms with E-state index in [-0.39, 0.29) is 10.8 Å². The Labute approximate surface area is 225 Å². The Hall–Kier alpha value is -3.06. The van der Waals surface area contributed by atoms with Crippen molar-refractivity contribution in [3.05, 3.63) is 129 Å². The first-order chi connectivity index (χ1) is 17.6. The highest BCUT2D eigenvalue weighted by atomic mass is 15.1. The van der Waals surface area contributed by atoms with Crippen molar-refractivity contribution in [2.75, 3.05) is 14.1 Å². The van der Waals surface area contributed by atoms with Crippen LogP contribution in [0.3, 0.4) is 0 Å². The first-order valence-corrected chi connectivity index (χ1v) is 14.0. The quantitative estimate of drug-likeness (QED) is 0.360. The molecule has 1 aromatic rings. The summed E-state index contributed by atoms with van der Waals surface area (Å²) in [7, 11) is 4.34. The van der Waals surface area contributed by atoms with Gasteiger partial charge in [-0.1, -0.05) is 106 Å². The molecule has 0 spiro atoms. The van der Waals surface area contributed by atoms with Crippen LogP contribution in [0.1, 0.15) is 77.3 Å². The van der Waals surface area contributed by atoms with Gasteiger partial charge in [-0.15, -0.1) is 0 Å². The maximum Gasteiger partial charge on any atom is 0.0397 e. The van der Waals surface area contributed by atoms with E-state index in [1.807, 2.05) is 0 Å². The summed E-state index contributed by atoms with van der Waals surface area (Å²) in [6.45, 7) is 11.7. The van der Waals surface area contributed by atoms with E-state index < -0.39 is 0 Å². The molecule has 1 nitrogen and oxygen atoms in total. The summed E-state index contributed by atoms with van der Waals surface area (Å²) in [5.41, 5.74) is 13.2. The minimum atomic E-state index is 0.0465. The highest BCUT2D eigenvalue weighted by molar-refractivity contribution is 5.59. The van der Waals surface area contributed by atoms with Gasteiger partial charge >= 0.3 is 0 Å². The van der Waals surface area contributed by atoms with E-state index in [2.05, 4.69) is 133 Å². The first kappa shape index (κ1) is 25.6. The van der Waals surface area contributed by atoms with Crippen molar-refractivity contribution in [3.8, 4) is 0 Å².